The van der Waals surface area contributed by atoms with Gasteiger partial charge in [0.05, 0.1) is 12.3 Å². The number of hydrogen-bond acceptors (Lipinski definition) is 6. The molecule has 0 aliphatic rings. The number of aliphatic imine (C=N–C) groups is 1. The number of carbonyl (C=O) groups is 1. The fourth-order valence-corrected chi connectivity index (χ4v) is 2.40. The molecule has 29 heavy (non-hydrogen) atoms. The highest BCUT2D eigenvalue weighted by molar-refractivity contribution is 6.43. The van der Waals surface area contributed by atoms with E-state index in [0.717, 1.165) is 4.57 Å². The summed E-state index contributed by atoms with van der Waals surface area (Å²) in [5.41, 5.74) is 0.521. The quantitative estimate of drug-likeness (QED) is 0.344. The number of ether oxygens (including phenoxy) is 2. The molecular weight excluding hydrogens is 406 g/mol. The molecule has 0 atom stereocenters. The van der Waals surface area contributed by atoms with Gasteiger partial charge in [0.25, 0.3) is 6.43 Å². The molecule has 7 nitrogen and oxygen atoms in total. The van der Waals surface area contributed by atoms with Gasteiger partial charge in [0.2, 0.25) is 5.82 Å². The van der Waals surface area contributed by atoms with E-state index in [9.17, 15) is 13.6 Å². The lowest BCUT2D eigenvalue weighted by Crippen LogP contribution is -2.19. The van der Waals surface area contributed by atoms with Crippen molar-refractivity contribution in [2.45, 2.75) is 20.0 Å². The van der Waals surface area contributed by atoms with Crippen LogP contribution < -0.4 is 0 Å². The monoisotopic (exact) mass is 424 g/mol. The summed E-state index contributed by atoms with van der Waals surface area (Å²) in [5, 5.41) is 7.66. The highest BCUT2D eigenvalue weighted by atomic mass is 35.5. The molecule has 0 amide bonds. The number of hydrogen-bond donors (Lipinski definition) is 0. The smallest absolute Gasteiger partial charge is 0.357 e. The van der Waals surface area contributed by atoms with Gasteiger partial charge < -0.3 is 9.47 Å². The van der Waals surface area contributed by atoms with Crippen LogP contribution in [0.5, 0.6) is 0 Å². The van der Waals surface area contributed by atoms with E-state index in [1.807, 2.05) is 0 Å². The van der Waals surface area contributed by atoms with Crippen LogP contribution in [0, 0.1) is 0 Å². The van der Waals surface area contributed by atoms with Gasteiger partial charge in [-0.15, -0.1) is 10.2 Å². The molecule has 0 unspecified atom stereocenters. The Kier molecular flexibility index (Phi) is 8.17. The van der Waals surface area contributed by atoms with Crippen molar-refractivity contribution in [3.63, 3.8) is 0 Å². The van der Waals surface area contributed by atoms with Crippen molar-refractivity contribution in [1.82, 2.24) is 14.8 Å². The third kappa shape index (κ3) is 5.78. The summed E-state index contributed by atoms with van der Waals surface area (Å²) in [6.45, 7) is 5.38. The minimum absolute atomic E-state index is 0.0328. The number of carbonyl (C=O) groups excluding carboxylic acids is 1. The maximum atomic E-state index is 13.3. The van der Waals surface area contributed by atoms with Crippen molar-refractivity contribution in [2.75, 3.05) is 13.7 Å². The number of halogens is 3. The first-order valence-electron chi connectivity index (χ1n) is 8.48. The minimum Gasteiger partial charge on any atom is -0.461 e. The number of aromatic nitrogens is 3. The van der Waals surface area contributed by atoms with Crippen molar-refractivity contribution in [3.8, 4) is 0 Å². The number of rotatable bonds is 9. The average molecular weight is 425 g/mol. The Morgan fingerprint density at radius 2 is 2.03 bits per heavy atom. The number of methoxy groups -OCH3 is 1. The lowest BCUT2D eigenvalue weighted by Gasteiger charge is -2.09. The first kappa shape index (κ1) is 22.4. The largest absolute Gasteiger partial charge is 0.461 e. The Bertz CT molecular complexity index is 924. The van der Waals surface area contributed by atoms with E-state index in [2.05, 4.69) is 21.8 Å². The molecule has 1 heterocycles. The third-order valence-electron chi connectivity index (χ3n) is 3.56. The molecule has 0 aliphatic heterocycles. The second-order valence-corrected chi connectivity index (χ2v) is 5.96. The predicted molar refractivity (Wildman–Crippen MR) is 105 cm³/mol. The molecule has 0 fully saturated rings. The first-order chi connectivity index (χ1) is 13.9. The summed E-state index contributed by atoms with van der Waals surface area (Å²) in [6.07, 6.45) is -0.320. The van der Waals surface area contributed by atoms with Crippen LogP contribution in [0.1, 0.15) is 30.6 Å². The van der Waals surface area contributed by atoms with Crippen LogP contribution in [-0.2, 0) is 20.9 Å². The molecule has 2 aromatic rings. The van der Waals surface area contributed by atoms with Crippen molar-refractivity contribution >= 4 is 29.5 Å². The lowest BCUT2D eigenvalue weighted by atomic mass is 10.1. The standard InChI is InChI=1S/C19H19ClF2N4O3/c1-4-14(10-26-15(11-28-3)24-25-18(26)17(21)22)23-16(19(27)29-5-2)12-6-8-13(20)9-7-12/h4,6-10,17H,1,5,11H2,2-3H3/b14-10+,23-16?. The van der Waals surface area contributed by atoms with Crippen molar-refractivity contribution in [1.29, 1.82) is 0 Å². The van der Waals surface area contributed by atoms with E-state index < -0.39 is 18.2 Å². The predicted octanol–water partition coefficient (Wildman–Crippen LogP) is 4.05. The van der Waals surface area contributed by atoms with Crippen LogP contribution >= 0.6 is 11.6 Å². The summed E-state index contributed by atoms with van der Waals surface area (Å²) < 4.78 is 37.7. The average Bonchev–Trinajstić information content (AvgIpc) is 3.09. The molecule has 0 bridgehead atoms. The number of benzene rings is 1. The summed E-state index contributed by atoms with van der Waals surface area (Å²) in [5.74, 6) is -1.13. The fourth-order valence-electron chi connectivity index (χ4n) is 2.28. The second-order valence-electron chi connectivity index (χ2n) is 5.52. The van der Waals surface area contributed by atoms with Gasteiger partial charge in [-0.2, -0.15) is 0 Å². The molecule has 154 valence electrons. The number of esters is 1. The first-order valence-corrected chi connectivity index (χ1v) is 8.85. The summed E-state index contributed by atoms with van der Waals surface area (Å²) in [4.78, 5) is 16.7. The lowest BCUT2D eigenvalue weighted by molar-refractivity contribution is -0.134. The molecule has 0 saturated carbocycles. The Balaban J connectivity index is 2.58. The SMILES string of the molecule is C=C/C(=C\n1c(COC)nnc1C(F)F)N=C(C(=O)OCC)c1ccc(Cl)cc1. The zero-order valence-corrected chi connectivity index (χ0v) is 16.6. The molecule has 0 spiro atoms. The number of nitrogens with zero attached hydrogens (tertiary/aromatic N) is 4. The van der Waals surface area contributed by atoms with E-state index >= 15 is 0 Å². The minimum atomic E-state index is -2.87. The highest BCUT2D eigenvalue weighted by Crippen LogP contribution is 2.20. The van der Waals surface area contributed by atoms with Crippen LogP contribution in [0.15, 0.2) is 47.6 Å². The van der Waals surface area contributed by atoms with Gasteiger partial charge in [-0.3, -0.25) is 4.57 Å². The van der Waals surface area contributed by atoms with Crippen molar-refractivity contribution in [2.24, 2.45) is 4.99 Å². The Labute approximate surface area is 171 Å². The number of alkyl halides is 2. The molecule has 1 aromatic carbocycles. The summed E-state index contributed by atoms with van der Waals surface area (Å²) in [7, 11) is 1.40. The second kappa shape index (κ2) is 10.6. The van der Waals surface area contributed by atoms with Gasteiger partial charge in [0.1, 0.15) is 6.61 Å². The molecule has 0 aliphatic carbocycles. The molecule has 1 aromatic heterocycles. The Morgan fingerprint density at radius 1 is 1.34 bits per heavy atom. The molecular formula is C19H19ClF2N4O3. The fraction of sp³-hybridized carbons (Fsp3) is 0.263. The van der Waals surface area contributed by atoms with E-state index in [4.69, 9.17) is 21.1 Å². The van der Waals surface area contributed by atoms with Gasteiger partial charge in [-0.05, 0) is 25.1 Å². The highest BCUT2D eigenvalue weighted by Gasteiger charge is 2.20. The number of allylic oxidation sites excluding steroid dienone is 1. The molecule has 0 N–H and O–H groups in total. The molecule has 10 heteroatoms. The van der Waals surface area contributed by atoms with Crippen LogP contribution in [0.25, 0.3) is 6.20 Å². The van der Waals surface area contributed by atoms with Gasteiger partial charge in [-0.25, -0.2) is 18.6 Å². The normalized spacial score (nSPS) is 12.3. The Hall–Kier alpha value is -2.91. The van der Waals surface area contributed by atoms with Crippen LogP contribution in [0.4, 0.5) is 8.78 Å². The third-order valence-corrected chi connectivity index (χ3v) is 3.81. The van der Waals surface area contributed by atoms with Crippen molar-refractivity contribution < 1.29 is 23.0 Å². The van der Waals surface area contributed by atoms with Crippen LogP contribution in [0.2, 0.25) is 5.02 Å². The summed E-state index contributed by atoms with van der Waals surface area (Å²) in [6, 6.07) is 6.37. The molecule has 0 radical (unpaired) electrons. The van der Waals surface area contributed by atoms with Gasteiger partial charge in [-0.1, -0.05) is 30.3 Å². The van der Waals surface area contributed by atoms with Crippen molar-refractivity contribution in [3.05, 3.63) is 64.9 Å². The van der Waals surface area contributed by atoms with Crippen LogP contribution in [-0.4, -0.2) is 40.2 Å². The van der Waals surface area contributed by atoms with E-state index in [1.54, 1.807) is 31.2 Å². The maximum absolute atomic E-state index is 13.3. The Morgan fingerprint density at radius 3 is 2.59 bits per heavy atom. The van der Waals surface area contributed by atoms with E-state index in [1.165, 1.54) is 19.4 Å². The zero-order valence-electron chi connectivity index (χ0n) is 15.8. The zero-order chi connectivity index (χ0) is 21.4. The summed E-state index contributed by atoms with van der Waals surface area (Å²) >= 11 is 5.90. The van der Waals surface area contributed by atoms with Crippen LogP contribution in [0.3, 0.4) is 0 Å². The topological polar surface area (TPSA) is 78.6 Å². The molecule has 0 saturated heterocycles. The molecule has 2 rings (SSSR count). The maximum Gasteiger partial charge on any atom is 0.357 e. The van der Waals surface area contributed by atoms with E-state index in [0.29, 0.717) is 10.6 Å². The van der Waals surface area contributed by atoms with Gasteiger partial charge in [0.15, 0.2) is 11.5 Å². The van der Waals surface area contributed by atoms with Gasteiger partial charge in [0, 0.05) is 23.9 Å². The van der Waals surface area contributed by atoms with Gasteiger partial charge >= 0.3 is 5.97 Å². The van der Waals surface area contributed by atoms with E-state index in [-0.39, 0.29) is 30.4 Å².